The van der Waals surface area contributed by atoms with E-state index in [-0.39, 0.29) is 0 Å². The van der Waals surface area contributed by atoms with E-state index in [4.69, 9.17) is 21.1 Å². The Morgan fingerprint density at radius 3 is 2.43 bits per heavy atom. The van der Waals surface area contributed by atoms with Crippen LogP contribution in [0.15, 0.2) is 11.2 Å². The van der Waals surface area contributed by atoms with Crippen molar-refractivity contribution in [2.75, 3.05) is 19.0 Å². The number of ether oxygens (including phenoxy) is 2. The fourth-order valence-corrected chi connectivity index (χ4v) is 2.92. The molecule has 0 N–H and O–H groups in total. The molecule has 0 bridgehead atoms. The molecule has 1 heterocycles. The molecular formula is C15H25ClN2O2S. The van der Waals surface area contributed by atoms with Crippen molar-refractivity contribution in [1.29, 1.82) is 0 Å². The summed E-state index contributed by atoms with van der Waals surface area (Å²) >= 11 is 7.72. The maximum Gasteiger partial charge on any atom is 0.201 e. The molecule has 120 valence electrons. The first-order chi connectivity index (χ1) is 10.2. The summed E-state index contributed by atoms with van der Waals surface area (Å²) in [7, 11) is 0. The van der Waals surface area contributed by atoms with Gasteiger partial charge in [0.1, 0.15) is 10.8 Å². The highest BCUT2D eigenvalue weighted by Crippen LogP contribution is 2.24. The van der Waals surface area contributed by atoms with Gasteiger partial charge < -0.3 is 9.47 Å². The number of hydrogen-bond donors (Lipinski definition) is 0. The Morgan fingerprint density at radius 1 is 1.10 bits per heavy atom. The molecule has 1 aromatic heterocycles. The highest BCUT2D eigenvalue weighted by atomic mass is 35.5. The average molecular weight is 333 g/mol. The third-order valence-electron chi connectivity index (χ3n) is 2.80. The Balaban J connectivity index is 2.64. The van der Waals surface area contributed by atoms with Crippen LogP contribution in [0.3, 0.4) is 0 Å². The number of unbranched alkanes of at least 4 members (excludes halogenated alkanes) is 3. The second kappa shape index (κ2) is 11.2. The first-order valence-electron chi connectivity index (χ1n) is 7.61. The van der Waals surface area contributed by atoms with Crippen LogP contribution >= 0.6 is 23.4 Å². The van der Waals surface area contributed by atoms with Gasteiger partial charge in [-0.1, -0.05) is 49.5 Å². The molecule has 0 spiro atoms. The first kappa shape index (κ1) is 18.7. The Bertz CT molecular complexity index is 401. The molecule has 21 heavy (non-hydrogen) atoms. The minimum atomic E-state index is -0.472. The number of thioether (sulfide) groups is 1. The van der Waals surface area contributed by atoms with Crippen LogP contribution in [0, 0.1) is 0 Å². The van der Waals surface area contributed by atoms with Gasteiger partial charge in [-0.05, 0) is 20.3 Å². The van der Waals surface area contributed by atoms with Crippen LogP contribution in [-0.2, 0) is 9.47 Å². The molecule has 0 aliphatic rings. The lowest BCUT2D eigenvalue weighted by Gasteiger charge is -2.16. The van der Waals surface area contributed by atoms with Crippen molar-refractivity contribution < 1.29 is 9.47 Å². The van der Waals surface area contributed by atoms with Gasteiger partial charge in [-0.2, -0.15) is 0 Å². The molecule has 0 aliphatic carbocycles. The highest BCUT2D eigenvalue weighted by molar-refractivity contribution is 7.99. The zero-order valence-corrected chi connectivity index (χ0v) is 14.7. The van der Waals surface area contributed by atoms with E-state index in [2.05, 4.69) is 16.9 Å². The van der Waals surface area contributed by atoms with Gasteiger partial charge in [0.25, 0.3) is 0 Å². The lowest BCUT2D eigenvalue weighted by molar-refractivity contribution is -0.143. The van der Waals surface area contributed by atoms with Gasteiger partial charge >= 0.3 is 0 Å². The van der Waals surface area contributed by atoms with E-state index in [9.17, 15) is 0 Å². The lowest BCUT2D eigenvalue weighted by Crippen LogP contribution is -2.11. The van der Waals surface area contributed by atoms with Gasteiger partial charge in [0.2, 0.25) is 6.29 Å². The smallest absolute Gasteiger partial charge is 0.201 e. The summed E-state index contributed by atoms with van der Waals surface area (Å²) in [5, 5.41) is 1.12. The fourth-order valence-electron chi connectivity index (χ4n) is 1.81. The molecule has 1 rings (SSSR count). The van der Waals surface area contributed by atoms with Crippen molar-refractivity contribution in [2.24, 2.45) is 0 Å². The van der Waals surface area contributed by atoms with Crippen LogP contribution in [0.5, 0.6) is 0 Å². The lowest BCUT2D eigenvalue weighted by atomic mass is 10.2. The molecule has 0 saturated carbocycles. The summed E-state index contributed by atoms with van der Waals surface area (Å²) in [4.78, 5) is 8.77. The topological polar surface area (TPSA) is 44.2 Å². The fraction of sp³-hybridized carbons (Fsp3) is 0.733. The SMILES string of the molecule is CCCCCCSc1nc(Cl)cc(C(OCC)OCC)n1. The zero-order valence-electron chi connectivity index (χ0n) is 13.1. The van der Waals surface area contributed by atoms with Crippen LogP contribution in [0.2, 0.25) is 5.15 Å². The van der Waals surface area contributed by atoms with Crippen molar-refractivity contribution >= 4 is 23.4 Å². The number of rotatable bonds is 11. The van der Waals surface area contributed by atoms with Gasteiger partial charge in [-0.15, -0.1) is 0 Å². The molecule has 1 aromatic rings. The van der Waals surface area contributed by atoms with Gasteiger partial charge in [0, 0.05) is 25.0 Å². The van der Waals surface area contributed by atoms with Crippen molar-refractivity contribution in [3.05, 3.63) is 16.9 Å². The van der Waals surface area contributed by atoms with Crippen molar-refractivity contribution in [2.45, 2.75) is 57.9 Å². The van der Waals surface area contributed by atoms with Crippen LogP contribution in [0.4, 0.5) is 0 Å². The molecule has 0 aliphatic heterocycles. The second-order valence-corrected chi connectivity index (χ2v) is 6.00. The summed E-state index contributed by atoms with van der Waals surface area (Å²) in [6.07, 6.45) is 4.47. The van der Waals surface area contributed by atoms with Crippen molar-refractivity contribution in [3.8, 4) is 0 Å². The molecule has 0 fully saturated rings. The van der Waals surface area contributed by atoms with Gasteiger partial charge in [0.15, 0.2) is 5.16 Å². The van der Waals surface area contributed by atoms with E-state index in [1.54, 1.807) is 17.8 Å². The zero-order chi connectivity index (χ0) is 15.5. The van der Waals surface area contributed by atoms with Crippen molar-refractivity contribution in [1.82, 2.24) is 9.97 Å². The van der Waals surface area contributed by atoms with Crippen LogP contribution in [0.25, 0.3) is 0 Å². The van der Waals surface area contributed by atoms with E-state index >= 15 is 0 Å². The molecular weight excluding hydrogens is 308 g/mol. The van der Waals surface area contributed by atoms with Crippen molar-refractivity contribution in [3.63, 3.8) is 0 Å². The monoisotopic (exact) mass is 332 g/mol. The van der Waals surface area contributed by atoms with Gasteiger partial charge in [-0.25, -0.2) is 9.97 Å². The number of hydrogen-bond acceptors (Lipinski definition) is 5. The van der Waals surface area contributed by atoms with Crippen LogP contribution < -0.4 is 0 Å². The predicted molar refractivity (Wildman–Crippen MR) is 87.9 cm³/mol. The van der Waals surface area contributed by atoms with E-state index in [0.717, 1.165) is 5.75 Å². The van der Waals surface area contributed by atoms with Crippen LogP contribution in [-0.4, -0.2) is 28.9 Å². The molecule has 0 aromatic carbocycles. The summed E-state index contributed by atoms with van der Waals surface area (Å²) in [6.45, 7) is 7.19. The standard InChI is InChI=1S/C15H25ClN2O2S/c1-4-7-8-9-10-21-15-17-12(11-13(16)18-15)14(19-5-2)20-6-3/h11,14H,4-10H2,1-3H3. The Hall–Kier alpha value is -0.360. The Labute approximate surface area is 137 Å². The second-order valence-electron chi connectivity index (χ2n) is 4.55. The molecule has 0 saturated heterocycles. The third kappa shape index (κ3) is 7.45. The first-order valence-corrected chi connectivity index (χ1v) is 8.98. The Morgan fingerprint density at radius 2 is 1.81 bits per heavy atom. The Kier molecular flexibility index (Phi) is 10.0. The molecule has 6 heteroatoms. The largest absolute Gasteiger partial charge is 0.347 e. The average Bonchev–Trinajstić information content (AvgIpc) is 2.46. The third-order valence-corrected chi connectivity index (χ3v) is 3.93. The summed E-state index contributed by atoms with van der Waals surface area (Å²) in [6, 6.07) is 1.71. The number of nitrogens with zero attached hydrogens (tertiary/aromatic N) is 2. The molecule has 0 amide bonds. The number of halogens is 1. The van der Waals surface area contributed by atoms with Gasteiger partial charge in [0.05, 0.1) is 0 Å². The quantitative estimate of drug-likeness (QED) is 0.190. The molecule has 0 radical (unpaired) electrons. The van der Waals surface area contributed by atoms with E-state index in [1.165, 1.54) is 25.7 Å². The van der Waals surface area contributed by atoms with Gasteiger partial charge in [-0.3, -0.25) is 0 Å². The minimum absolute atomic E-state index is 0.431. The summed E-state index contributed by atoms with van der Waals surface area (Å²) < 4.78 is 11.1. The maximum absolute atomic E-state index is 6.08. The van der Waals surface area contributed by atoms with E-state index in [0.29, 0.717) is 29.2 Å². The predicted octanol–water partition coefficient (Wildman–Crippen LogP) is 4.87. The van der Waals surface area contributed by atoms with E-state index in [1.807, 2.05) is 13.8 Å². The highest BCUT2D eigenvalue weighted by Gasteiger charge is 2.15. The summed E-state index contributed by atoms with van der Waals surface area (Å²) in [5.74, 6) is 1.01. The minimum Gasteiger partial charge on any atom is -0.347 e. The molecule has 0 unspecified atom stereocenters. The maximum atomic E-state index is 6.08. The molecule has 0 atom stereocenters. The van der Waals surface area contributed by atoms with E-state index < -0.39 is 6.29 Å². The normalized spacial score (nSPS) is 11.3. The molecule has 4 nitrogen and oxygen atoms in total. The number of aromatic nitrogens is 2. The summed E-state index contributed by atoms with van der Waals surface area (Å²) in [5.41, 5.74) is 0.690. The van der Waals surface area contributed by atoms with Crippen LogP contribution in [0.1, 0.15) is 58.4 Å².